The summed E-state index contributed by atoms with van der Waals surface area (Å²) in [5.74, 6) is 0.876. The zero-order valence-corrected chi connectivity index (χ0v) is 13.3. The number of piperidine rings is 1. The van der Waals surface area contributed by atoms with Gasteiger partial charge in [0.15, 0.2) is 0 Å². The van der Waals surface area contributed by atoms with Crippen LogP contribution in [-0.4, -0.2) is 62.5 Å². The number of carbonyl (C=O) groups excluding carboxylic acids is 1. The van der Waals surface area contributed by atoms with E-state index in [-0.39, 0.29) is 5.41 Å². The van der Waals surface area contributed by atoms with Crippen LogP contribution in [0.15, 0.2) is 0 Å². The second kappa shape index (κ2) is 7.25. The highest BCUT2D eigenvalue weighted by Crippen LogP contribution is 2.30. The van der Waals surface area contributed by atoms with Gasteiger partial charge in [0.25, 0.3) is 0 Å². The smallest absolute Gasteiger partial charge is 0.228 e. The summed E-state index contributed by atoms with van der Waals surface area (Å²) in [6.45, 7) is 11.1. The minimum atomic E-state index is -0.160. The predicted molar refractivity (Wildman–Crippen MR) is 80.2 cm³/mol. The van der Waals surface area contributed by atoms with E-state index in [0.717, 1.165) is 45.6 Å². The molecule has 0 spiro atoms. The Morgan fingerprint density at radius 2 is 1.79 bits per heavy atom. The van der Waals surface area contributed by atoms with Crippen LogP contribution >= 0.6 is 0 Å². The normalized spacial score (nSPS) is 18.9. The molecule has 0 aliphatic carbocycles. The number of nitrogens with one attached hydrogen (secondary N) is 1. The van der Waals surface area contributed by atoms with Crippen LogP contribution in [0, 0.1) is 11.3 Å². The minimum absolute atomic E-state index is 0.160. The fraction of sp³-hybridized carbons (Fsp3) is 0.933. The molecule has 1 aliphatic heterocycles. The van der Waals surface area contributed by atoms with Crippen LogP contribution in [0.3, 0.4) is 0 Å². The fourth-order valence-electron chi connectivity index (χ4n) is 2.61. The molecule has 0 atom stereocenters. The Balaban J connectivity index is 2.68. The van der Waals surface area contributed by atoms with Gasteiger partial charge in [-0.2, -0.15) is 0 Å². The molecule has 1 aliphatic rings. The maximum atomic E-state index is 12.8. The molecular formula is C15H31N3O. The Bertz CT molecular complexity index is 283. The second-order valence-corrected chi connectivity index (χ2v) is 6.76. The number of carbonyl (C=O) groups is 1. The van der Waals surface area contributed by atoms with E-state index in [0.29, 0.717) is 11.8 Å². The summed E-state index contributed by atoms with van der Waals surface area (Å²) in [6.07, 6.45) is 1.92. The van der Waals surface area contributed by atoms with Crippen LogP contribution in [0.4, 0.5) is 0 Å². The molecule has 112 valence electrons. The van der Waals surface area contributed by atoms with E-state index in [4.69, 9.17) is 0 Å². The van der Waals surface area contributed by atoms with Crippen LogP contribution in [0.1, 0.15) is 33.6 Å². The van der Waals surface area contributed by atoms with Gasteiger partial charge < -0.3 is 15.1 Å². The van der Waals surface area contributed by atoms with E-state index in [9.17, 15) is 4.79 Å². The van der Waals surface area contributed by atoms with E-state index in [1.807, 2.05) is 0 Å². The van der Waals surface area contributed by atoms with Gasteiger partial charge in [0, 0.05) is 25.0 Å². The second-order valence-electron chi connectivity index (χ2n) is 6.76. The Labute approximate surface area is 118 Å². The first kappa shape index (κ1) is 16.4. The van der Waals surface area contributed by atoms with E-state index in [1.54, 1.807) is 0 Å². The maximum absolute atomic E-state index is 12.8. The molecule has 0 bridgehead atoms. The summed E-state index contributed by atoms with van der Waals surface area (Å²) in [5, 5.41) is 3.35. The zero-order valence-electron chi connectivity index (χ0n) is 13.3. The van der Waals surface area contributed by atoms with E-state index in [1.165, 1.54) is 0 Å². The molecular weight excluding hydrogens is 238 g/mol. The van der Waals surface area contributed by atoms with E-state index < -0.39 is 0 Å². The van der Waals surface area contributed by atoms with E-state index in [2.05, 4.69) is 50.0 Å². The first-order chi connectivity index (χ1) is 8.85. The summed E-state index contributed by atoms with van der Waals surface area (Å²) in [4.78, 5) is 17.1. The van der Waals surface area contributed by atoms with Gasteiger partial charge in [-0.25, -0.2) is 0 Å². The van der Waals surface area contributed by atoms with Crippen LogP contribution in [0.5, 0.6) is 0 Å². The molecule has 0 aromatic carbocycles. The van der Waals surface area contributed by atoms with Crippen LogP contribution in [0.2, 0.25) is 0 Å². The average molecular weight is 269 g/mol. The lowest BCUT2D eigenvalue weighted by Crippen LogP contribution is -2.50. The maximum Gasteiger partial charge on any atom is 0.228 e. The molecule has 19 heavy (non-hydrogen) atoms. The molecule has 1 N–H and O–H groups in total. The summed E-state index contributed by atoms with van der Waals surface area (Å²) in [7, 11) is 4.12. The average Bonchev–Trinajstić information content (AvgIpc) is 2.34. The van der Waals surface area contributed by atoms with Gasteiger partial charge in [0.05, 0.1) is 0 Å². The predicted octanol–water partition coefficient (Wildman–Crippen LogP) is 1.42. The highest BCUT2D eigenvalue weighted by Gasteiger charge is 2.37. The van der Waals surface area contributed by atoms with Crippen LogP contribution in [0.25, 0.3) is 0 Å². The Hall–Kier alpha value is -0.610. The van der Waals surface area contributed by atoms with Crippen LogP contribution in [-0.2, 0) is 4.79 Å². The molecule has 4 heteroatoms. The van der Waals surface area contributed by atoms with Crippen molar-refractivity contribution in [1.29, 1.82) is 0 Å². The standard InChI is InChI=1S/C15H31N3O/c1-13(2)12-18(11-10-17(4)5)14(19)15(3)6-8-16-9-7-15/h13,16H,6-12H2,1-5H3. The molecule has 0 aromatic rings. The first-order valence-corrected chi connectivity index (χ1v) is 7.50. The summed E-state index contributed by atoms with van der Waals surface area (Å²) >= 11 is 0. The zero-order chi connectivity index (χ0) is 14.5. The van der Waals surface area contributed by atoms with Crippen molar-refractivity contribution in [3.8, 4) is 0 Å². The van der Waals surface area contributed by atoms with Gasteiger partial charge in [0.2, 0.25) is 5.91 Å². The summed E-state index contributed by atoms with van der Waals surface area (Å²) < 4.78 is 0. The fourth-order valence-corrected chi connectivity index (χ4v) is 2.61. The van der Waals surface area contributed by atoms with Crippen molar-refractivity contribution in [1.82, 2.24) is 15.1 Å². The molecule has 0 aromatic heterocycles. The topological polar surface area (TPSA) is 35.6 Å². The molecule has 4 nitrogen and oxygen atoms in total. The van der Waals surface area contributed by atoms with Gasteiger partial charge in [-0.15, -0.1) is 0 Å². The molecule has 1 heterocycles. The van der Waals surface area contributed by atoms with Gasteiger partial charge in [-0.05, 0) is 45.9 Å². The molecule has 0 saturated carbocycles. The molecule has 0 radical (unpaired) electrons. The number of hydrogen-bond donors (Lipinski definition) is 1. The molecule has 1 saturated heterocycles. The Kier molecular flexibility index (Phi) is 6.27. The van der Waals surface area contributed by atoms with Crippen molar-refractivity contribution in [3.05, 3.63) is 0 Å². The van der Waals surface area contributed by atoms with Crippen molar-refractivity contribution in [2.75, 3.05) is 46.8 Å². The largest absolute Gasteiger partial charge is 0.341 e. The third-order valence-electron chi connectivity index (χ3n) is 3.91. The van der Waals surface area contributed by atoms with Gasteiger partial charge in [-0.1, -0.05) is 20.8 Å². The van der Waals surface area contributed by atoms with Crippen molar-refractivity contribution >= 4 is 5.91 Å². The SMILES string of the molecule is CC(C)CN(CCN(C)C)C(=O)C1(C)CCNCC1. The summed E-state index contributed by atoms with van der Waals surface area (Å²) in [5.41, 5.74) is -0.160. The highest BCUT2D eigenvalue weighted by molar-refractivity contribution is 5.82. The van der Waals surface area contributed by atoms with Crippen molar-refractivity contribution in [3.63, 3.8) is 0 Å². The molecule has 1 rings (SSSR count). The van der Waals surface area contributed by atoms with Crippen molar-refractivity contribution in [2.24, 2.45) is 11.3 Å². The number of rotatable bonds is 6. The third-order valence-corrected chi connectivity index (χ3v) is 3.91. The van der Waals surface area contributed by atoms with Crippen molar-refractivity contribution in [2.45, 2.75) is 33.6 Å². The Morgan fingerprint density at radius 3 is 2.26 bits per heavy atom. The van der Waals surface area contributed by atoms with Gasteiger partial charge in [0.1, 0.15) is 0 Å². The van der Waals surface area contributed by atoms with Gasteiger partial charge >= 0.3 is 0 Å². The van der Waals surface area contributed by atoms with Gasteiger partial charge in [-0.3, -0.25) is 4.79 Å². The quantitative estimate of drug-likeness (QED) is 0.792. The number of likely N-dealkylation sites (N-methyl/N-ethyl adjacent to an activating group) is 1. The Morgan fingerprint density at radius 1 is 1.21 bits per heavy atom. The summed E-state index contributed by atoms with van der Waals surface area (Å²) in [6, 6.07) is 0. The highest BCUT2D eigenvalue weighted by atomic mass is 16.2. The first-order valence-electron chi connectivity index (χ1n) is 7.50. The molecule has 0 unspecified atom stereocenters. The third kappa shape index (κ3) is 5.11. The molecule has 1 amide bonds. The number of nitrogens with zero attached hydrogens (tertiary/aromatic N) is 2. The van der Waals surface area contributed by atoms with Crippen molar-refractivity contribution < 1.29 is 4.79 Å². The van der Waals surface area contributed by atoms with E-state index >= 15 is 0 Å². The monoisotopic (exact) mass is 269 g/mol. The lowest BCUT2D eigenvalue weighted by atomic mass is 9.79. The number of hydrogen-bond acceptors (Lipinski definition) is 3. The van der Waals surface area contributed by atoms with Crippen LogP contribution < -0.4 is 5.32 Å². The molecule has 1 fully saturated rings. The number of amides is 1. The lowest BCUT2D eigenvalue weighted by molar-refractivity contribution is -0.143. The lowest BCUT2D eigenvalue weighted by Gasteiger charge is -2.38. The minimum Gasteiger partial charge on any atom is -0.341 e.